The number of H-pyrrole nitrogens is 1. The van der Waals surface area contributed by atoms with Crippen LogP contribution in [0.3, 0.4) is 0 Å². The Morgan fingerprint density at radius 2 is 1.93 bits per heavy atom. The number of morpholine rings is 1. The van der Waals surface area contributed by atoms with E-state index in [1.807, 2.05) is 0 Å². The second-order valence-corrected chi connectivity index (χ2v) is 9.37. The summed E-state index contributed by atoms with van der Waals surface area (Å²) in [7, 11) is 0. The number of furan rings is 1. The fraction of sp³-hybridized carbons (Fsp3) is 0.276. The molecule has 11 heteroatoms. The van der Waals surface area contributed by atoms with Gasteiger partial charge >= 0.3 is 0 Å². The summed E-state index contributed by atoms with van der Waals surface area (Å²) in [5.41, 5.74) is 2.30. The zero-order valence-electron chi connectivity index (χ0n) is 22.0. The monoisotopic (exact) mass is 547 g/mol. The van der Waals surface area contributed by atoms with Crippen molar-refractivity contribution in [2.24, 2.45) is 0 Å². The minimum Gasteiger partial charge on any atom is -0.459 e. The number of hydrogen-bond acceptors (Lipinski definition) is 7. The van der Waals surface area contributed by atoms with Gasteiger partial charge in [0.1, 0.15) is 17.3 Å². The molecular formula is C29H30FN5O5. The molecule has 1 fully saturated rings. The van der Waals surface area contributed by atoms with E-state index in [1.54, 1.807) is 43.6 Å². The van der Waals surface area contributed by atoms with Crippen molar-refractivity contribution in [3.05, 3.63) is 83.8 Å². The first-order chi connectivity index (χ1) is 19.5. The summed E-state index contributed by atoms with van der Waals surface area (Å²) in [5.74, 6) is -0.473. The van der Waals surface area contributed by atoms with Gasteiger partial charge in [-0.25, -0.2) is 4.39 Å². The smallest absolute Gasteiger partial charge is 0.291 e. The largest absolute Gasteiger partial charge is 0.459 e. The van der Waals surface area contributed by atoms with Gasteiger partial charge in [0.25, 0.3) is 11.8 Å². The summed E-state index contributed by atoms with van der Waals surface area (Å²) in [6, 6.07) is 10.8. The summed E-state index contributed by atoms with van der Waals surface area (Å²) < 4.78 is 30.8. The van der Waals surface area contributed by atoms with E-state index in [4.69, 9.17) is 13.9 Å². The SMILES string of the molecule is Cc1ccoc1C(=O)Nc1cc(Oc2ccnc(-c3cc(C(=O)NCCCN4CCOCC4)c[nH]3)c2)ccc1F. The van der Waals surface area contributed by atoms with Crippen LogP contribution in [0, 0.1) is 12.7 Å². The Morgan fingerprint density at radius 3 is 2.73 bits per heavy atom. The molecule has 1 aliphatic heterocycles. The van der Waals surface area contributed by atoms with Gasteiger partial charge in [-0.15, -0.1) is 0 Å². The predicted octanol–water partition coefficient (Wildman–Crippen LogP) is 4.61. The van der Waals surface area contributed by atoms with E-state index >= 15 is 0 Å². The second-order valence-electron chi connectivity index (χ2n) is 9.37. The second kappa shape index (κ2) is 12.6. The Labute approximate surface area is 230 Å². The third-order valence-corrected chi connectivity index (χ3v) is 6.48. The van der Waals surface area contributed by atoms with Gasteiger partial charge in [-0.05, 0) is 50.2 Å². The molecule has 1 aliphatic rings. The molecule has 0 saturated carbocycles. The number of nitrogens with one attached hydrogen (secondary N) is 3. The number of ether oxygens (including phenoxy) is 2. The molecule has 0 bridgehead atoms. The first kappa shape index (κ1) is 27.1. The summed E-state index contributed by atoms with van der Waals surface area (Å²) in [5, 5.41) is 5.47. The minimum atomic E-state index is -0.612. The molecule has 40 heavy (non-hydrogen) atoms. The Kier molecular flexibility index (Phi) is 8.53. The number of aromatic amines is 1. The predicted molar refractivity (Wildman–Crippen MR) is 146 cm³/mol. The van der Waals surface area contributed by atoms with Crippen molar-refractivity contribution in [3.63, 3.8) is 0 Å². The van der Waals surface area contributed by atoms with Gasteiger partial charge < -0.3 is 29.5 Å². The standard InChI is InChI=1S/C29H30FN5O5/c1-19-6-12-39-27(19)29(37)34-24-16-21(3-4-23(24)30)40-22-5-8-31-26(17-22)25-15-20(18-33-25)28(36)32-7-2-9-35-10-13-38-14-11-35/h3-6,8,12,15-18,33H,2,7,9-11,13-14H2,1H3,(H,32,36)(H,34,37). The number of amides is 2. The molecule has 3 aromatic heterocycles. The molecule has 0 spiro atoms. The first-order valence-electron chi connectivity index (χ1n) is 13.0. The topological polar surface area (TPSA) is 122 Å². The summed E-state index contributed by atoms with van der Waals surface area (Å²) >= 11 is 0. The molecule has 3 N–H and O–H groups in total. The van der Waals surface area contributed by atoms with Crippen molar-refractivity contribution < 1.29 is 27.9 Å². The number of aryl methyl sites for hydroxylation is 1. The van der Waals surface area contributed by atoms with E-state index in [0.29, 0.717) is 40.6 Å². The number of hydrogen-bond donors (Lipinski definition) is 3. The van der Waals surface area contributed by atoms with Crippen LogP contribution in [0.5, 0.6) is 11.5 Å². The fourth-order valence-electron chi connectivity index (χ4n) is 4.31. The lowest BCUT2D eigenvalue weighted by atomic mass is 10.2. The first-order valence-corrected chi connectivity index (χ1v) is 13.0. The third-order valence-electron chi connectivity index (χ3n) is 6.48. The Bertz CT molecular complexity index is 1480. The quantitative estimate of drug-likeness (QED) is 0.248. The molecule has 2 amide bonds. The number of carbonyl (C=O) groups excluding carboxylic acids is 2. The average Bonchev–Trinajstić information content (AvgIpc) is 3.63. The van der Waals surface area contributed by atoms with Gasteiger partial charge in [0.15, 0.2) is 5.76 Å². The zero-order valence-corrected chi connectivity index (χ0v) is 22.0. The molecule has 0 atom stereocenters. The van der Waals surface area contributed by atoms with Crippen LogP contribution in [0.15, 0.2) is 65.5 Å². The Balaban J connectivity index is 1.19. The molecule has 1 saturated heterocycles. The minimum absolute atomic E-state index is 0.0439. The normalized spacial score (nSPS) is 13.7. The number of aromatic nitrogens is 2. The number of anilines is 1. The lowest BCUT2D eigenvalue weighted by Gasteiger charge is -2.26. The summed E-state index contributed by atoms with van der Waals surface area (Å²) in [6.45, 7) is 6.60. The highest BCUT2D eigenvalue weighted by Crippen LogP contribution is 2.29. The van der Waals surface area contributed by atoms with Crippen molar-refractivity contribution in [2.75, 3.05) is 44.7 Å². The summed E-state index contributed by atoms with van der Waals surface area (Å²) in [6.07, 6.45) is 5.47. The zero-order chi connectivity index (χ0) is 27.9. The fourth-order valence-corrected chi connectivity index (χ4v) is 4.31. The van der Waals surface area contributed by atoms with Crippen molar-refractivity contribution in [2.45, 2.75) is 13.3 Å². The van der Waals surface area contributed by atoms with Crippen molar-refractivity contribution in [1.82, 2.24) is 20.2 Å². The van der Waals surface area contributed by atoms with Crippen LogP contribution in [0.4, 0.5) is 10.1 Å². The van der Waals surface area contributed by atoms with Crippen molar-refractivity contribution in [3.8, 4) is 22.9 Å². The van der Waals surface area contributed by atoms with Crippen LogP contribution in [0.2, 0.25) is 0 Å². The lowest BCUT2D eigenvalue weighted by Crippen LogP contribution is -2.38. The van der Waals surface area contributed by atoms with Gasteiger partial charge in [-0.3, -0.25) is 19.5 Å². The number of nitrogens with zero attached hydrogens (tertiary/aromatic N) is 2. The summed E-state index contributed by atoms with van der Waals surface area (Å²) in [4.78, 5) is 34.8. The molecule has 1 aromatic carbocycles. The van der Waals surface area contributed by atoms with E-state index in [0.717, 1.165) is 39.3 Å². The van der Waals surface area contributed by atoms with Gasteiger partial charge in [-0.1, -0.05) is 0 Å². The maximum atomic E-state index is 14.4. The third kappa shape index (κ3) is 6.74. The maximum absolute atomic E-state index is 14.4. The van der Waals surface area contributed by atoms with E-state index in [9.17, 15) is 14.0 Å². The Hall–Kier alpha value is -4.48. The molecule has 0 unspecified atom stereocenters. The van der Waals surface area contributed by atoms with Crippen molar-refractivity contribution in [1.29, 1.82) is 0 Å². The number of rotatable bonds is 10. The maximum Gasteiger partial charge on any atom is 0.291 e. The highest BCUT2D eigenvalue weighted by Gasteiger charge is 2.16. The lowest BCUT2D eigenvalue weighted by molar-refractivity contribution is 0.0374. The van der Waals surface area contributed by atoms with E-state index in [-0.39, 0.29) is 17.4 Å². The van der Waals surface area contributed by atoms with Crippen LogP contribution >= 0.6 is 0 Å². The number of carbonyl (C=O) groups is 2. The molecule has 0 radical (unpaired) electrons. The van der Waals surface area contributed by atoms with Crippen LogP contribution < -0.4 is 15.4 Å². The molecule has 4 heterocycles. The highest BCUT2D eigenvalue weighted by molar-refractivity contribution is 6.03. The van der Waals surface area contributed by atoms with Crippen molar-refractivity contribution >= 4 is 17.5 Å². The van der Waals surface area contributed by atoms with Crippen LogP contribution in [-0.2, 0) is 4.74 Å². The molecule has 10 nitrogen and oxygen atoms in total. The Morgan fingerprint density at radius 1 is 1.10 bits per heavy atom. The van der Waals surface area contributed by atoms with Crippen LogP contribution in [-0.4, -0.2) is 66.1 Å². The highest BCUT2D eigenvalue weighted by atomic mass is 19.1. The van der Waals surface area contributed by atoms with E-state index in [2.05, 4.69) is 25.5 Å². The molecule has 5 rings (SSSR count). The number of benzene rings is 1. The van der Waals surface area contributed by atoms with Gasteiger partial charge in [0, 0.05) is 49.7 Å². The van der Waals surface area contributed by atoms with E-state index in [1.165, 1.54) is 24.5 Å². The van der Waals surface area contributed by atoms with E-state index < -0.39 is 11.7 Å². The van der Waals surface area contributed by atoms with Gasteiger partial charge in [0.2, 0.25) is 0 Å². The van der Waals surface area contributed by atoms with Gasteiger partial charge in [0.05, 0.1) is 42.1 Å². The average molecular weight is 548 g/mol. The number of pyridine rings is 1. The number of halogens is 1. The van der Waals surface area contributed by atoms with Gasteiger partial charge in [-0.2, -0.15) is 0 Å². The molecule has 0 aliphatic carbocycles. The molecule has 4 aromatic rings. The van der Waals surface area contributed by atoms with Crippen LogP contribution in [0.1, 0.15) is 32.9 Å². The van der Waals surface area contributed by atoms with Crippen LogP contribution in [0.25, 0.3) is 11.4 Å². The molecule has 208 valence electrons. The molecular weight excluding hydrogens is 517 g/mol.